The number of hydrogen-bond acceptors (Lipinski definition) is 5. The van der Waals surface area contributed by atoms with E-state index in [1.807, 2.05) is 30.5 Å². The molecule has 4 rings (SSSR count). The minimum absolute atomic E-state index is 0.0324. The normalized spacial score (nSPS) is 14.1. The molecule has 0 atom stereocenters. The second kappa shape index (κ2) is 7.66. The molecule has 0 spiro atoms. The lowest BCUT2D eigenvalue weighted by Crippen LogP contribution is -2.30. The molecule has 2 aromatic heterocycles. The first-order valence-electron chi connectivity index (χ1n) is 9.26. The minimum Gasteiger partial charge on any atom is -0.459 e. The Morgan fingerprint density at radius 1 is 1.33 bits per heavy atom. The van der Waals surface area contributed by atoms with Crippen LogP contribution in [0.25, 0.3) is 11.3 Å². The van der Waals surface area contributed by atoms with E-state index in [0.29, 0.717) is 6.54 Å². The van der Waals surface area contributed by atoms with Gasteiger partial charge in [-0.25, -0.2) is 4.98 Å². The van der Waals surface area contributed by atoms with Gasteiger partial charge in [-0.15, -0.1) is 11.3 Å². The van der Waals surface area contributed by atoms with Crippen molar-refractivity contribution in [2.75, 3.05) is 18.0 Å². The molecule has 6 heteroatoms. The van der Waals surface area contributed by atoms with Gasteiger partial charge in [0.1, 0.15) is 11.5 Å². The molecule has 1 aromatic carbocycles. The number of aromatic nitrogens is 1. The monoisotopic (exact) mass is 381 g/mol. The highest BCUT2D eigenvalue weighted by atomic mass is 32.1. The Balaban J connectivity index is 1.45. The van der Waals surface area contributed by atoms with Gasteiger partial charge in [0.15, 0.2) is 5.13 Å². The molecular formula is C21H23N3O2S. The average Bonchev–Trinajstić information content (AvgIpc) is 3.29. The van der Waals surface area contributed by atoms with Gasteiger partial charge in [-0.3, -0.25) is 14.6 Å². The van der Waals surface area contributed by atoms with Crippen LogP contribution in [0, 0.1) is 0 Å². The number of carbonyl (C=O) groups is 1. The van der Waals surface area contributed by atoms with Gasteiger partial charge in [-0.1, -0.05) is 30.3 Å². The van der Waals surface area contributed by atoms with Crippen LogP contribution in [-0.4, -0.2) is 28.9 Å². The smallest absolute Gasteiger partial charge is 0.225 e. The number of furan rings is 1. The third-order valence-electron chi connectivity index (χ3n) is 4.87. The first-order chi connectivity index (χ1) is 13.1. The van der Waals surface area contributed by atoms with Crippen molar-refractivity contribution in [3.05, 3.63) is 58.8 Å². The van der Waals surface area contributed by atoms with Crippen molar-refractivity contribution in [3.8, 4) is 11.3 Å². The van der Waals surface area contributed by atoms with Crippen LogP contribution in [0.2, 0.25) is 0 Å². The fourth-order valence-corrected chi connectivity index (χ4v) is 4.39. The molecule has 3 heterocycles. The van der Waals surface area contributed by atoms with Crippen molar-refractivity contribution in [2.45, 2.75) is 33.4 Å². The largest absolute Gasteiger partial charge is 0.459 e. The van der Waals surface area contributed by atoms with E-state index in [0.717, 1.165) is 54.0 Å². The van der Waals surface area contributed by atoms with Gasteiger partial charge in [0.25, 0.3) is 0 Å². The van der Waals surface area contributed by atoms with Crippen LogP contribution >= 0.6 is 11.3 Å². The molecule has 0 N–H and O–H groups in total. The molecule has 140 valence electrons. The van der Waals surface area contributed by atoms with Crippen LogP contribution in [0.5, 0.6) is 0 Å². The molecule has 1 aliphatic rings. The molecule has 27 heavy (non-hydrogen) atoms. The summed E-state index contributed by atoms with van der Waals surface area (Å²) in [5.41, 5.74) is 3.43. The number of hydrogen-bond donors (Lipinski definition) is 0. The first kappa shape index (κ1) is 17.9. The Hall–Kier alpha value is -2.44. The Morgan fingerprint density at radius 3 is 2.89 bits per heavy atom. The maximum atomic E-state index is 11.7. The van der Waals surface area contributed by atoms with Gasteiger partial charge in [-0.05, 0) is 25.0 Å². The highest BCUT2D eigenvalue weighted by molar-refractivity contribution is 7.14. The zero-order valence-electron chi connectivity index (χ0n) is 15.6. The number of carbonyl (C=O) groups excluding carboxylic acids is 1. The van der Waals surface area contributed by atoms with E-state index in [2.05, 4.69) is 28.1 Å². The number of amides is 1. The van der Waals surface area contributed by atoms with Crippen LogP contribution in [0.3, 0.4) is 0 Å². The van der Waals surface area contributed by atoms with Gasteiger partial charge < -0.3 is 4.42 Å². The third kappa shape index (κ3) is 3.82. The van der Waals surface area contributed by atoms with Gasteiger partial charge in [-0.2, -0.15) is 0 Å². The van der Waals surface area contributed by atoms with E-state index in [-0.39, 0.29) is 5.91 Å². The van der Waals surface area contributed by atoms with Crippen molar-refractivity contribution < 1.29 is 9.21 Å². The van der Waals surface area contributed by atoms with Crippen molar-refractivity contribution in [1.29, 1.82) is 0 Å². The summed E-state index contributed by atoms with van der Waals surface area (Å²) in [7, 11) is 0. The van der Waals surface area contributed by atoms with Crippen LogP contribution in [-0.2, 0) is 24.3 Å². The number of thiazole rings is 1. The Bertz CT molecular complexity index is 932. The van der Waals surface area contributed by atoms with E-state index < -0.39 is 0 Å². The van der Waals surface area contributed by atoms with E-state index in [1.165, 1.54) is 16.9 Å². The standard InChI is InChI=1S/C21H23N3O2S/c1-3-24(15(2)25)21-22-18(14-27-21)12-23-10-9-17-11-19(26-20(17)13-23)16-7-5-4-6-8-16/h4-8,11,14H,3,9-10,12-13H2,1-2H3. The first-order valence-corrected chi connectivity index (χ1v) is 10.1. The van der Waals surface area contributed by atoms with Crippen molar-refractivity contribution in [3.63, 3.8) is 0 Å². The molecule has 0 saturated carbocycles. The Morgan fingerprint density at radius 2 is 2.15 bits per heavy atom. The molecule has 0 saturated heterocycles. The summed E-state index contributed by atoms with van der Waals surface area (Å²) >= 11 is 1.53. The third-order valence-corrected chi connectivity index (χ3v) is 5.78. The molecule has 3 aromatic rings. The SMILES string of the molecule is CCN(C(C)=O)c1nc(CN2CCc3cc(-c4ccccc4)oc3C2)cs1. The van der Waals surface area contributed by atoms with Gasteiger partial charge in [0.2, 0.25) is 5.91 Å². The number of anilines is 1. The zero-order valence-corrected chi connectivity index (χ0v) is 16.5. The molecule has 0 fully saturated rings. The summed E-state index contributed by atoms with van der Waals surface area (Å²) < 4.78 is 6.14. The Labute approximate surface area is 163 Å². The summed E-state index contributed by atoms with van der Waals surface area (Å²) in [6, 6.07) is 12.4. The topological polar surface area (TPSA) is 49.6 Å². The fourth-order valence-electron chi connectivity index (χ4n) is 3.47. The number of nitrogens with zero attached hydrogens (tertiary/aromatic N) is 3. The second-order valence-corrected chi connectivity index (χ2v) is 7.61. The quantitative estimate of drug-likeness (QED) is 0.660. The maximum absolute atomic E-state index is 11.7. The molecule has 5 nitrogen and oxygen atoms in total. The molecule has 1 aliphatic heterocycles. The summed E-state index contributed by atoms with van der Waals surface area (Å²) in [5.74, 6) is 2.03. The lowest BCUT2D eigenvalue weighted by molar-refractivity contribution is -0.116. The minimum atomic E-state index is 0.0324. The number of rotatable bonds is 5. The second-order valence-electron chi connectivity index (χ2n) is 6.77. The molecule has 1 amide bonds. The van der Waals surface area contributed by atoms with E-state index in [9.17, 15) is 4.79 Å². The molecule has 0 aliphatic carbocycles. The van der Waals surface area contributed by atoms with E-state index >= 15 is 0 Å². The molecule has 0 radical (unpaired) electrons. The van der Waals surface area contributed by atoms with Crippen LogP contribution < -0.4 is 4.90 Å². The molecule has 0 bridgehead atoms. The van der Waals surface area contributed by atoms with Gasteiger partial charge in [0.05, 0.1) is 12.2 Å². The van der Waals surface area contributed by atoms with Gasteiger partial charge >= 0.3 is 0 Å². The summed E-state index contributed by atoms with van der Waals surface area (Å²) in [6.45, 7) is 6.74. The van der Waals surface area contributed by atoms with Gasteiger partial charge in [0, 0.05) is 37.5 Å². The van der Waals surface area contributed by atoms with E-state index in [1.54, 1.807) is 11.8 Å². The molecular weight excluding hydrogens is 358 g/mol. The average molecular weight is 382 g/mol. The lowest BCUT2D eigenvalue weighted by atomic mass is 10.1. The lowest BCUT2D eigenvalue weighted by Gasteiger charge is -2.24. The summed E-state index contributed by atoms with van der Waals surface area (Å²) in [6.07, 6.45) is 0.983. The molecule has 0 unspecified atom stereocenters. The maximum Gasteiger partial charge on any atom is 0.225 e. The van der Waals surface area contributed by atoms with Crippen LogP contribution in [0.15, 0.2) is 46.2 Å². The highest BCUT2D eigenvalue weighted by Crippen LogP contribution is 2.30. The van der Waals surface area contributed by atoms with Crippen molar-refractivity contribution in [2.24, 2.45) is 0 Å². The Kier molecular flexibility index (Phi) is 5.09. The van der Waals surface area contributed by atoms with Crippen LogP contribution in [0.4, 0.5) is 5.13 Å². The summed E-state index contributed by atoms with van der Waals surface area (Å²) in [5, 5.41) is 2.83. The predicted molar refractivity (Wildman–Crippen MR) is 108 cm³/mol. The van der Waals surface area contributed by atoms with Crippen LogP contribution in [0.1, 0.15) is 30.9 Å². The number of benzene rings is 1. The fraction of sp³-hybridized carbons (Fsp3) is 0.333. The highest BCUT2D eigenvalue weighted by Gasteiger charge is 2.22. The van der Waals surface area contributed by atoms with Crippen molar-refractivity contribution >= 4 is 22.4 Å². The number of fused-ring (bicyclic) bond motifs is 1. The van der Waals surface area contributed by atoms with Crippen molar-refractivity contribution in [1.82, 2.24) is 9.88 Å². The summed E-state index contributed by atoms with van der Waals surface area (Å²) in [4.78, 5) is 20.4. The predicted octanol–water partition coefficient (Wildman–Crippen LogP) is 4.33. The van der Waals surface area contributed by atoms with E-state index in [4.69, 9.17) is 4.42 Å². The zero-order chi connectivity index (χ0) is 18.8.